The van der Waals surface area contributed by atoms with Crippen molar-refractivity contribution >= 4 is 0 Å². The Balaban J connectivity index is 1.84. The summed E-state index contributed by atoms with van der Waals surface area (Å²) in [5, 5.41) is 9.35. The van der Waals surface area contributed by atoms with Crippen molar-refractivity contribution in [3.05, 3.63) is 23.8 Å². The zero-order chi connectivity index (χ0) is 11.8. The first-order valence-electron chi connectivity index (χ1n) is 5.83. The van der Waals surface area contributed by atoms with E-state index >= 15 is 0 Å². The fourth-order valence-electron chi connectivity index (χ4n) is 2.63. The highest BCUT2D eigenvalue weighted by Crippen LogP contribution is 2.34. The molecule has 0 aliphatic carbocycles. The van der Waals surface area contributed by atoms with E-state index in [2.05, 4.69) is 20.9 Å². The SMILES string of the molecule is Cc1ncc(C(C#N)N2CC3CC2CO3)cn1. The molecule has 1 aromatic heterocycles. The van der Waals surface area contributed by atoms with Crippen LogP contribution >= 0.6 is 0 Å². The summed E-state index contributed by atoms with van der Waals surface area (Å²) in [4.78, 5) is 10.5. The number of likely N-dealkylation sites (tertiary alicyclic amines) is 1. The molecular weight excluding hydrogens is 216 g/mol. The highest BCUT2D eigenvalue weighted by atomic mass is 16.5. The molecule has 3 rings (SSSR count). The second-order valence-electron chi connectivity index (χ2n) is 4.64. The number of hydrogen-bond donors (Lipinski definition) is 0. The lowest BCUT2D eigenvalue weighted by molar-refractivity contribution is 0.0204. The molecule has 0 spiro atoms. The molecule has 2 bridgehead atoms. The Morgan fingerprint density at radius 2 is 2.29 bits per heavy atom. The van der Waals surface area contributed by atoms with E-state index in [0.717, 1.165) is 31.0 Å². The van der Waals surface area contributed by atoms with Crippen molar-refractivity contribution in [3.63, 3.8) is 0 Å². The van der Waals surface area contributed by atoms with E-state index in [1.165, 1.54) is 0 Å². The Morgan fingerprint density at radius 1 is 1.53 bits per heavy atom. The van der Waals surface area contributed by atoms with Gasteiger partial charge in [0.2, 0.25) is 0 Å². The number of nitrogens with zero attached hydrogens (tertiary/aromatic N) is 4. The van der Waals surface area contributed by atoms with Crippen LogP contribution in [0, 0.1) is 18.3 Å². The monoisotopic (exact) mass is 230 g/mol. The highest BCUT2D eigenvalue weighted by Gasteiger charge is 2.42. The summed E-state index contributed by atoms with van der Waals surface area (Å²) in [5.41, 5.74) is 0.880. The van der Waals surface area contributed by atoms with Gasteiger partial charge >= 0.3 is 0 Å². The van der Waals surface area contributed by atoms with Crippen LogP contribution in [0.3, 0.4) is 0 Å². The summed E-state index contributed by atoms with van der Waals surface area (Å²) >= 11 is 0. The number of hydrogen-bond acceptors (Lipinski definition) is 5. The Bertz CT molecular complexity index is 453. The number of rotatable bonds is 2. The van der Waals surface area contributed by atoms with Crippen molar-refractivity contribution in [2.24, 2.45) is 0 Å². The average molecular weight is 230 g/mol. The maximum absolute atomic E-state index is 9.35. The molecule has 2 aliphatic rings. The fourth-order valence-corrected chi connectivity index (χ4v) is 2.63. The number of aryl methyl sites for hydroxylation is 1. The summed E-state index contributed by atoms with van der Waals surface area (Å²) in [5.74, 6) is 0.733. The van der Waals surface area contributed by atoms with Gasteiger partial charge in [0.25, 0.3) is 0 Å². The van der Waals surface area contributed by atoms with E-state index in [1.807, 2.05) is 6.92 Å². The van der Waals surface area contributed by atoms with Gasteiger partial charge in [0, 0.05) is 30.5 Å². The largest absolute Gasteiger partial charge is 0.375 e. The minimum Gasteiger partial charge on any atom is -0.375 e. The van der Waals surface area contributed by atoms with Gasteiger partial charge in [-0.2, -0.15) is 5.26 Å². The van der Waals surface area contributed by atoms with E-state index in [9.17, 15) is 5.26 Å². The lowest BCUT2D eigenvalue weighted by Crippen LogP contribution is -2.39. The number of fused-ring (bicyclic) bond motifs is 2. The minimum atomic E-state index is -0.241. The van der Waals surface area contributed by atoms with E-state index in [0.29, 0.717) is 12.1 Å². The van der Waals surface area contributed by atoms with Gasteiger partial charge in [-0.05, 0) is 13.3 Å². The molecule has 88 valence electrons. The molecule has 3 unspecified atom stereocenters. The van der Waals surface area contributed by atoms with E-state index < -0.39 is 0 Å². The van der Waals surface area contributed by atoms with Crippen molar-refractivity contribution in [1.82, 2.24) is 14.9 Å². The van der Waals surface area contributed by atoms with Gasteiger partial charge in [-0.3, -0.25) is 4.90 Å². The molecule has 3 atom stereocenters. The van der Waals surface area contributed by atoms with Gasteiger partial charge in [0.15, 0.2) is 0 Å². The molecular formula is C12H14N4O. The third kappa shape index (κ3) is 1.79. The summed E-state index contributed by atoms with van der Waals surface area (Å²) < 4.78 is 5.55. The van der Waals surface area contributed by atoms with Crippen LogP contribution in [-0.4, -0.2) is 40.2 Å². The number of ether oxygens (including phenoxy) is 1. The zero-order valence-corrected chi connectivity index (χ0v) is 9.71. The van der Waals surface area contributed by atoms with Gasteiger partial charge in [0.05, 0.1) is 18.8 Å². The predicted octanol–water partition coefficient (Wildman–Crippen LogP) is 0.823. The Morgan fingerprint density at radius 3 is 2.82 bits per heavy atom. The minimum absolute atomic E-state index is 0.241. The van der Waals surface area contributed by atoms with Crippen LogP contribution < -0.4 is 0 Å². The summed E-state index contributed by atoms with van der Waals surface area (Å²) in [6, 6.07) is 2.49. The number of nitriles is 1. The molecule has 2 fully saturated rings. The molecule has 3 heterocycles. The van der Waals surface area contributed by atoms with Gasteiger partial charge < -0.3 is 4.74 Å². The van der Waals surface area contributed by atoms with Gasteiger partial charge in [-0.25, -0.2) is 9.97 Å². The first kappa shape index (κ1) is 10.6. The first-order valence-corrected chi connectivity index (χ1v) is 5.83. The molecule has 5 nitrogen and oxygen atoms in total. The van der Waals surface area contributed by atoms with Crippen molar-refractivity contribution in [2.45, 2.75) is 31.5 Å². The smallest absolute Gasteiger partial charge is 0.127 e. The fraction of sp³-hybridized carbons (Fsp3) is 0.583. The molecule has 1 aromatic rings. The number of aromatic nitrogens is 2. The molecule has 0 saturated carbocycles. The van der Waals surface area contributed by atoms with Gasteiger partial charge in [0.1, 0.15) is 11.9 Å². The summed E-state index contributed by atoms with van der Waals surface area (Å²) in [7, 11) is 0. The molecule has 0 radical (unpaired) electrons. The molecule has 0 N–H and O–H groups in total. The lowest BCUT2D eigenvalue weighted by atomic mass is 10.1. The zero-order valence-electron chi connectivity index (χ0n) is 9.71. The first-order chi connectivity index (χ1) is 8.28. The predicted molar refractivity (Wildman–Crippen MR) is 60.0 cm³/mol. The lowest BCUT2D eigenvalue weighted by Gasteiger charge is -2.30. The van der Waals surface area contributed by atoms with E-state index in [1.54, 1.807) is 12.4 Å². The van der Waals surface area contributed by atoms with Crippen LogP contribution in [0.25, 0.3) is 0 Å². The van der Waals surface area contributed by atoms with Gasteiger partial charge in [-0.1, -0.05) is 0 Å². The standard InChI is InChI=1S/C12H14N4O/c1-8-14-4-9(5-15-8)12(3-13)16-6-11-2-10(16)7-17-11/h4-5,10-12H,2,6-7H2,1H3. The summed E-state index contributed by atoms with van der Waals surface area (Å²) in [6.07, 6.45) is 4.86. The van der Waals surface area contributed by atoms with Crippen LogP contribution in [0.2, 0.25) is 0 Å². The molecule has 0 amide bonds. The Labute approximate surface area is 100 Å². The quantitative estimate of drug-likeness (QED) is 0.752. The maximum Gasteiger partial charge on any atom is 0.127 e. The molecule has 5 heteroatoms. The third-order valence-corrected chi connectivity index (χ3v) is 3.51. The van der Waals surface area contributed by atoms with Crippen LogP contribution in [0.4, 0.5) is 0 Å². The van der Waals surface area contributed by atoms with Crippen molar-refractivity contribution in [2.75, 3.05) is 13.2 Å². The average Bonchev–Trinajstić information content (AvgIpc) is 2.95. The summed E-state index contributed by atoms with van der Waals surface area (Å²) in [6.45, 7) is 3.43. The van der Waals surface area contributed by atoms with Crippen molar-refractivity contribution in [1.29, 1.82) is 5.26 Å². The van der Waals surface area contributed by atoms with E-state index in [4.69, 9.17) is 4.74 Å². The molecule has 0 aromatic carbocycles. The van der Waals surface area contributed by atoms with Crippen LogP contribution in [0.5, 0.6) is 0 Å². The number of morpholine rings is 1. The van der Waals surface area contributed by atoms with Gasteiger partial charge in [-0.15, -0.1) is 0 Å². The third-order valence-electron chi connectivity index (χ3n) is 3.51. The topological polar surface area (TPSA) is 62.0 Å². The molecule has 17 heavy (non-hydrogen) atoms. The van der Waals surface area contributed by atoms with Crippen LogP contribution in [-0.2, 0) is 4.74 Å². The van der Waals surface area contributed by atoms with Crippen LogP contribution in [0.1, 0.15) is 23.9 Å². The highest BCUT2D eigenvalue weighted by molar-refractivity contribution is 5.20. The normalized spacial score (nSPS) is 29.2. The second kappa shape index (κ2) is 4.06. The van der Waals surface area contributed by atoms with Crippen molar-refractivity contribution in [3.8, 4) is 6.07 Å². The molecule has 2 aliphatic heterocycles. The van der Waals surface area contributed by atoms with Crippen molar-refractivity contribution < 1.29 is 4.74 Å². The Kier molecular flexibility index (Phi) is 2.54. The maximum atomic E-state index is 9.35. The van der Waals surface area contributed by atoms with E-state index in [-0.39, 0.29) is 6.04 Å². The van der Waals surface area contributed by atoms with Crippen LogP contribution in [0.15, 0.2) is 12.4 Å². The Hall–Kier alpha value is -1.51. The second-order valence-corrected chi connectivity index (χ2v) is 4.64. The molecule has 2 saturated heterocycles.